The molecule has 3 aromatic carbocycles. The Kier molecular flexibility index (Phi) is 8.51. The molecular formula is C25H22Cl2N2O5. The highest BCUT2D eigenvalue weighted by Gasteiger charge is 2.16. The average Bonchev–Trinajstić information content (AvgIpc) is 2.80. The van der Waals surface area contributed by atoms with Crippen LogP contribution in [-0.2, 0) is 4.79 Å². The molecular weight excluding hydrogens is 479 g/mol. The first kappa shape index (κ1) is 25.1. The Labute approximate surface area is 207 Å². The summed E-state index contributed by atoms with van der Waals surface area (Å²) in [4.78, 5) is 24.4. The maximum Gasteiger partial charge on any atom is 0.345 e. The Balaban J connectivity index is 1.58. The Morgan fingerprint density at radius 1 is 0.971 bits per heavy atom. The Morgan fingerprint density at radius 2 is 1.76 bits per heavy atom. The van der Waals surface area contributed by atoms with Crippen LogP contribution in [0.25, 0.3) is 0 Å². The number of nitrogens with one attached hydrogen (secondary N) is 1. The molecule has 0 aliphatic heterocycles. The van der Waals surface area contributed by atoms with Gasteiger partial charge in [-0.2, -0.15) is 5.10 Å². The van der Waals surface area contributed by atoms with E-state index < -0.39 is 11.9 Å². The summed E-state index contributed by atoms with van der Waals surface area (Å²) in [6, 6.07) is 14.9. The number of esters is 1. The number of ether oxygens (including phenoxy) is 3. The fourth-order valence-electron chi connectivity index (χ4n) is 2.82. The van der Waals surface area contributed by atoms with Gasteiger partial charge in [-0.1, -0.05) is 29.3 Å². The van der Waals surface area contributed by atoms with Crippen LogP contribution in [-0.4, -0.2) is 31.8 Å². The Morgan fingerprint density at radius 3 is 2.47 bits per heavy atom. The Hall–Kier alpha value is -3.55. The van der Waals surface area contributed by atoms with Crippen LogP contribution < -0.4 is 19.6 Å². The number of methoxy groups -OCH3 is 1. The molecule has 0 atom stereocenters. The summed E-state index contributed by atoms with van der Waals surface area (Å²) >= 11 is 11.9. The minimum absolute atomic E-state index is 0.171. The summed E-state index contributed by atoms with van der Waals surface area (Å²) in [5, 5.41) is 4.51. The number of hydrazone groups is 1. The first-order chi connectivity index (χ1) is 16.3. The molecule has 0 aliphatic carbocycles. The summed E-state index contributed by atoms with van der Waals surface area (Å²) < 4.78 is 16.2. The zero-order valence-corrected chi connectivity index (χ0v) is 20.2. The van der Waals surface area contributed by atoms with Gasteiger partial charge in [0.25, 0.3) is 5.91 Å². The first-order valence-electron chi connectivity index (χ1n) is 10.1. The molecule has 3 aromatic rings. The van der Waals surface area contributed by atoms with Crippen LogP contribution in [0.4, 0.5) is 0 Å². The van der Waals surface area contributed by atoms with Crippen molar-refractivity contribution in [3.8, 4) is 17.2 Å². The standard InChI is InChI=1S/C25H22Cl2N2O5/c1-15-4-7-19(10-16(15)2)33-14-24(30)29-28-13-17-5-9-22(23(11-17)32-3)34-25(31)20-8-6-18(26)12-21(20)27/h4-13H,14H2,1-3H3,(H,29,30)/b28-13-. The highest BCUT2D eigenvalue weighted by Crippen LogP contribution is 2.30. The van der Waals surface area contributed by atoms with E-state index in [1.807, 2.05) is 26.0 Å². The minimum Gasteiger partial charge on any atom is -0.493 e. The lowest BCUT2D eigenvalue weighted by molar-refractivity contribution is -0.123. The topological polar surface area (TPSA) is 86.2 Å². The fraction of sp³-hybridized carbons (Fsp3) is 0.160. The van der Waals surface area contributed by atoms with Crippen molar-refractivity contribution in [1.82, 2.24) is 5.43 Å². The van der Waals surface area contributed by atoms with E-state index in [9.17, 15) is 9.59 Å². The fourth-order valence-corrected chi connectivity index (χ4v) is 3.31. The van der Waals surface area contributed by atoms with E-state index in [0.29, 0.717) is 22.1 Å². The summed E-state index contributed by atoms with van der Waals surface area (Å²) in [5.74, 6) is 0.0366. The molecule has 0 fully saturated rings. The van der Waals surface area contributed by atoms with Gasteiger partial charge in [-0.15, -0.1) is 0 Å². The minimum atomic E-state index is -0.655. The maximum absolute atomic E-state index is 12.5. The highest BCUT2D eigenvalue weighted by atomic mass is 35.5. The van der Waals surface area contributed by atoms with Gasteiger partial charge in [0.15, 0.2) is 18.1 Å². The lowest BCUT2D eigenvalue weighted by Crippen LogP contribution is -2.24. The third-order valence-electron chi connectivity index (χ3n) is 4.79. The molecule has 34 heavy (non-hydrogen) atoms. The summed E-state index contributed by atoms with van der Waals surface area (Å²) in [7, 11) is 1.44. The predicted molar refractivity (Wildman–Crippen MR) is 132 cm³/mol. The monoisotopic (exact) mass is 500 g/mol. The van der Waals surface area contributed by atoms with Gasteiger partial charge in [0.2, 0.25) is 0 Å². The number of aryl methyl sites for hydroxylation is 2. The number of halogens is 2. The first-order valence-corrected chi connectivity index (χ1v) is 10.9. The van der Waals surface area contributed by atoms with E-state index in [0.717, 1.165) is 11.1 Å². The van der Waals surface area contributed by atoms with Gasteiger partial charge in [0.1, 0.15) is 5.75 Å². The van der Waals surface area contributed by atoms with Crippen LogP contribution >= 0.6 is 23.2 Å². The molecule has 0 radical (unpaired) electrons. The van der Waals surface area contributed by atoms with Crippen LogP contribution in [0.2, 0.25) is 10.0 Å². The molecule has 9 heteroatoms. The van der Waals surface area contributed by atoms with E-state index in [-0.39, 0.29) is 22.9 Å². The number of nitrogens with zero attached hydrogens (tertiary/aromatic N) is 1. The number of carbonyl (C=O) groups excluding carboxylic acids is 2. The van der Waals surface area contributed by atoms with E-state index in [1.54, 1.807) is 30.3 Å². The van der Waals surface area contributed by atoms with E-state index >= 15 is 0 Å². The van der Waals surface area contributed by atoms with Crippen LogP contribution in [0, 0.1) is 13.8 Å². The van der Waals surface area contributed by atoms with Gasteiger partial charge in [-0.25, -0.2) is 10.2 Å². The number of carbonyl (C=O) groups is 2. The molecule has 176 valence electrons. The van der Waals surface area contributed by atoms with Crippen molar-refractivity contribution < 1.29 is 23.8 Å². The molecule has 0 heterocycles. The number of hydrogen-bond acceptors (Lipinski definition) is 6. The quantitative estimate of drug-likeness (QED) is 0.194. The molecule has 0 spiro atoms. The second-order valence-electron chi connectivity index (χ2n) is 7.25. The second-order valence-corrected chi connectivity index (χ2v) is 8.10. The van der Waals surface area contributed by atoms with Crippen molar-refractivity contribution in [3.63, 3.8) is 0 Å². The number of hydrogen-bond donors (Lipinski definition) is 1. The molecule has 0 aromatic heterocycles. The lowest BCUT2D eigenvalue weighted by Gasteiger charge is -2.11. The van der Waals surface area contributed by atoms with Crippen LogP contribution in [0.3, 0.4) is 0 Å². The van der Waals surface area contributed by atoms with Gasteiger partial charge in [0, 0.05) is 5.02 Å². The largest absolute Gasteiger partial charge is 0.493 e. The normalized spacial score (nSPS) is 10.7. The zero-order valence-electron chi connectivity index (χ0n) is 18.7. The van der Waals surface area contributed by atoms with Crippen molar-refractivity contribution in [1.29, 1.82) is 0 Å². The zero-order chi connectivity index (χ0) is 24.7. The molecule has 1 amide bonds. The molecule has 0 aliphatic rings. The number of rotatable bonds is 8. The van der Waals surface area contributed by atoms with Gasteiger partial charge in [-0.05, 0) is 79.1 Å². The van der Waals surface area contributed by atoms with Crippen LogP contribution in [0.1, 0.15) is 27.0 Å². The van der Waals surface area contributed by atoms with Crippen molar-refractivity contribution in [3.05, 3.63) is 86.9 Å². The Bertz CT molecular complexity index is 1240. The summed E-state index contributed by atoms with van der Waals surface area (Å²) in [5.41, 5.74) is 5.40. The predicted octanol–water partition coefficient (Wildman–Crippen LogP) is 5.37. The van der Waals surface area contributed by atoms with E-state index in [1.165, 1.54) is 25.5 Å². The molecule has 7 nitrogen and oxygen atoms in total. The number of amides is 1. The third kappa shape index (κ3) is 6.73. The van der Waals surface area contributed by atoms with Crippen LogP contribution in [0.5, 0.6) is 17.2 Å². The maximum atomic E-state index is 12.5. The van der Waals surface area contributed by atoms with Gasteiger partial charge < -0.3 is 14.2 Å². The van der Waals surface area contributed by atoms with Gasteiger partial charge in [0.05, 0.1) is 23.9 Å². The average molecular weight is 501 g/mol. The van der Waals surface area contributed by atoms with Gasteiger partial charge >= 0.3 is 5.97 Å². The van der Waals surface area contributed by atoms with Crippen LogP contribution in [0.15, 0.2) is 59.7 Å². The highest BCUT2D eigenvalue weighted by molar-refractivity contribution is 6.36. The number of benzene rings is 3. The molecule has 0 bridgehead atoms. The molecule has 3 rings (SSSR count). The van der Waals surface area contributed by atoms with Crippen molar-refractivity contribution in [2.24, 2.45) is 5.10 Å². The summed E-state index contributed by atoms with van der Waals surface area (Å²) in [6.07, 6.45) is 1.43. The smallest absolute Gasteiger partial charge is 0.345 e. The SMILES string of the molecule is COc1cc(/C=N\NC(=O)COc2ccc(C)c(C)c2)ccc1OC(=O)c1ccc(Cl)cc1Cl. The molecule has 0 unspecified atom stereocenters. The molecule has 0 saturated heterocycles. The lowest BCUT2D eigenvalue weighted by atomic mass is 10.1. The van der Waals surface area contributed by atoms with E-state index in [2.05, 4.69) is 10.5 Å². The van der Waals surface area contributed by atoms with Crippen molar-refractivity contribution in [2.45, 2.75) is 13.8 Å². The second kappa shape index (κ2) is 11.5. The van der Waals surface area contributed by atoms with Crippen molar-refractivity contribution >= 4 is 41.3 Å². The molecule has 1 N–H and O–H groups in total. The van der Waals surface area contributed by atoms with E-state index in [4.69, 9.17) is 37.4 Å². The van der Waals surface area contributed by atoms with Crippen molar-refractivity contribution in [2.75, 3.05) is 13.7 Å². The third-order valence-corrected chi connectivity index (χ3v) is 5.34. The van der Waals surface area contributed by atoms with Gasteiger partial charge in [-0.3, -0.25) is 4.79 Å². The summed E-state index contributed by atoms with van der Waals surface area (Å²) in [6.45, 7) is 3.80. The molecule has 0 saturated carbocycles.